The molecule has 3 nitrogen and oxygen atoms in total. The summed E-state index contributed by atoms with van der Waals surface area (Å²) in [5.74, 6) is 0.427. The first-order valence-electron chi connectivity index (χ1n) is 11.1. The van der Waals surface area contributed by atoms with Crippen molar-refractivity contribution in [2.75, 3.05) is 19.6 Å². The Morgan fingerprint density at radius 2 is 1.47 bits per heavy atom. The Morgan fingerprint density at radius 1 is 0.844 bits per heavy atom. The van der Waals surface area contributed by atoms with Crippen LogP contribution in [0, 0.1) is 11.6 Å². The van der Waals surface area contributed by atoms with E-state index >= 15 is 0 Å². The van der Waals surface area contributed by atoms with Crippen molar-refractivity contribution in [2.24, 2.45) is 0 Å². The number of hydrogen-bond acceptors (Lipinski definition) is 3. The zero-order valence-corrected chi connectivity index (χ0v) is 18.0. The Kier molecular flexibility index (Phi) is 7.51. The molecule has 1 N–H and O–H groups in total. The van der Waals surface area contributed by atoms with Gasteiger partial charge in [0.1, 0.15) is 11.6 Å². The van der Waals surface area contributed by atoms with E-state index in [9.17, 15) is 8.78 Å². The number of rotatable bonds is 9. The van der Waals surface area contributed by atoms with Crippen LogP contribution >= 0.6 is 0 Å². The van der Waals surface area contributed by atoms with E-state index in [0.29, 0.717) is 0 Å². The molecule has 0 radical (unpaired) electrons. The van der Waals surface area contributed by atoms with Gasteiger partial charge in [0.15, 0.2) is 5.75 Å². The minimum absolute atomic E-state index is 0.119. The fraction of sp³-hybridized carbons (Fsp3) is 0.259. The van der Waals surface area contributed by atoms with E-state index in [2.05, 4.69) is 16.5 Å². The van der Waals surface area contributed by atoms with E-state index < -0.39 is 0 Å². The second-order valence-corrected chi connectivity index (χ2v) is 8.10. The molecule has 0 bridgehead atoms. The van der Waals surface area contributed by atoms with E-state index in [0.717, 1.165) is 61.5 Å². The van der Waals surface area contributed by atoms with Crippen molar-refractivity contribution in [1.29, 1.82) is 0 Å². The van der Waals surface area contributed by atoms with E-state index in [1.165, 1.54) is 24.3 Å². The maximum Gasteiger partial charge on any atom is 0.155 e. The molecule has 0 aromatic heterocycles. The molecular formula is C27H28F2N2O. The molecule has 3 aromatic carbocycles. The highest BCUT2D eigenvalue weighted by atomic mass is 19.1. The van der Waals surface area contributed by atoms with Crippen LogP contribution in [0.4, 0.5) is 8.78 Å². The monoisotopic (exact) mass is 434 g/mol. The van der Waals surface area contributed by atoms with Crippen molar-refractivity contribution in [2.45, 2.75) is 25.2 Å². The molecule has 1 aliphatic rings. The van der Waals surface area contributed by atoms with E-state index in [1.807, 2.05) is 54.6 Å². The predicted octanol–water partition coefficient (Wildman–Crippen LogP) is 6.05. The van der Waals surface area contributed by atoms with Gasteiger partial charge in [-0.1, -0.05) is 42.5 Å². The summed E-state index contributed by atoms with van der Waals surface area (Å²) >= 11 is 0. The molecule has 4 rings (SSSR count). The summed E-state index contributed by atoms with van der Waals surface area (Å²) in [6.07, 6.45) is 4.99. The minimum Gasteiger partial charge on any atom is -0.383 e. The van der Waals surface area contributed by atoms with Crippen molar-refractivity contribution in [3.05, 3.63) is 113 Å². The van der Waals surface area contributed by atoms with Crippen molar-refractivity contribution in [1.82, 2.24) is 10.4 Å². The molecule has 0 fully saturated rings. The molecule has 0 amide bonds. The molecule has 0 aliphatic carbocycles. The van der Waals surface area contributed by atoms with Gasteiger partial charge < -0.3 is 4.84 Å². The first-order valence-corrected chi connectivity index (χ1v) is 11.1. The van der Waals surface area contributed by atoms with Gasteiger partial charge >= 0.3 is 0 Å². The third-order valence-corrected chi connectivity index (χ3v) is 5.85. The quantitative estimate of drug-likeness (QED) is 0.415. The Hall–Kier alpha value is -3.18. The largest absolute Gasteiger partial charge is 0.383 e. The number of hydrogen-bond donors (Lipinski definition) is 1. The SMILES string of the molecule is Fc1ccc(C(CCCN2CC=C(NOc3ccccc3)CC2)c2ccc(F)cc2)cc1. The van der Waals surface area contributed by atoms with Gasteiger partial charge in [0.25, 0.3) is 0 Å². The van der Waals surface area contributed by atoms with Crippen LogP contribution in [-0.4, -0.2) is 24.5 Å². The molecule has 1 heterocycles. The molecule has 32 heavy (non-hydrogen) atoms. The maximum absolute atomic E-state index is 13.4. The topological polar surface area (TPSA) is 24.5 Å². The summed E-state index contributed by atoms with van der Waals surface area (Å²) in [6.45, 7) is 2.81. The molecule has 5 heteroatoms. The van der Waals surface area contributed by atoms with Crippen molar-refractivity contribution < 1.29 is 13.6 Å². The summed E-state index contributed by atoms with van der Waals surface area (Å²) in [7, 11) is 0. The Morgan fingerprint density at radius 3 is 2.03 bits per heavy atom. The Labute approximate surface area is 188 Å². The highest BCUT2D eigenvalue weighted by Gasteiger charge is 2.17. The average molecular weight is 435 g/mol. The average Bonchev–Trinajstić information content (AvgIpc) is 2.83. The van der Waals surface area contributed by atoms with Crippen LogP contribution in [0.25, 0.3) is 0 Å². The lowest BCUT2D eigenvalue weighted by molar-refractivity contribution is 0.206. The van der Waals surface area contributed by atoms with Gasteiger partial charge in [-0.2, -0.15) is 0 Å². The number of nitrogens with zero attached hydrogens (tertiary/aromatic N) is 1. The third-order valence-electron chi connectivity index (χ3n) is 5.85. The predicted molar refractivity (Wildman–Crippen MR) is 123 cm³/mol. The van der Waals surface area contributed by atoms with Gasteiger partial charge in [-0.25, -0.2) is 14.3 Å². The van der Waals surface area contributed by atoms with Gasteiger partial charge in [-0.15, -0.1) is 0 Å². The van der Waals surface area contributed by atoms with Gasteiger partial charge in [-0.05, 0) is 73.0 Å². The lowest BCUT2D eigenvalue weighted by atomic mass is 9.87. The zero-order chi connectivity index (χ0) is 22.2. The highest BCUT2D eigenvalue weighted by molar-refractivity contribution is 5.32. The van der Waals surface area contributed by atoms with Crippen LogP contribution in [-0.2, 0) is 0 Å². The first kappa shape index (κ1) is 22.0. The van der Waals surface area contributed by atoms with Gasteiger partial charge in [0.2, 0.25) is 0 Å². The molecule has 0 saturated heterocycles. The normalized spacial score (nSPS) is 14.3. The molecule has 1 aliphatic heterocycles. The lowest BCUT2D eigenvalue weighted by Gasteiger charge is -2.27. The molecule has 0 saturated carbocycles. The minimum atomic E-state index is -0.243. The Bertz CT molecular complexity index is 959. The molecule has 166 valence electrons. The summed E-state index contributed by atoms with van der Waals surface area (Å²) in [5, 5.41) is 0. The van der Waals surface area contributed by atoms with Crippen LogP contribution in [0.2, 0.25) is 0 Å². The van der Waals surface area contributed by atoms with Gasteiger partial charge in [0.05, 0.1) is 0 Å². The Balaban J connectivity index is 1.30. The summed E-state index contributed by atoms with van der Waals surface area (Å²) in [6, 6.07) is 23.0. The highest BCUT2D eigenvalue weighted by Crippen LogP contribution is 2.30. The molecule has 0 unspecified atom stereocenters. The van der Waals surface area contributed by atoms with Crippen molar-refractivity contribution in [3.63, 3.8) is 0 Å². The van der Waals surface area contributed by atoms with E-state index in [1.54, 1.807) is 0 Å². The maximum atomic E-state index is 13.4. The molecular weight excluding hydrogens is 406 g/mol. The summed E-state index contributed by atoms with van der Waals surface area (Å²) in [5.41, 5.74) is 6.27. The van der Waals surface area contributed by atoms with E-state index in [-0.39, 0.29) is 17.6 Å². The zero-order valence-electron chi connectivity index (χ0n) is 18.0. The van der Waals surface area contributed by atoms with Crippen LogP contribution in [0.3, 0.4) is 0 Å². The standard InChI is InChI=1S/C27H28F2N2O/c28-23-12-8-21(9-13-23)27(22-10-14-24(29)15-11-22)7-4-18-31-19-16-25(17-20-31)30-32-26-5-2-1-3-6-26/h1-3,5-6,8-16,27,30H,4,7,17-20H2. The second-order valence-electron chi connectivity index (χ2n) is 8.10. The van der Waals surface area contributed by atoms with Gasteiger partial charge in [-0.3, -0.25) is 4.90 Å². The number of para-hydroxylation sites is 1. The smallest absolute Gasteiger partial charge is 0.155 e. The van der Waals surface area contributed by atoms with Crippen LogP contribution in [0.15, 0.2) is 90.6 Å². The first-order chi connectivity index (χ1) is 15.7. The summed E-state index contributed by atoms with van der Waals surface area (Å²) < 4.78 is 26.8. The van der Waals surface area contributed by atoms with Crippen LogP contribution < -0.4 is 10.3 Å². The van der Waals surface area contributed by atoms with Crippen LogP contribution in [0.5, 0.6) is 5.75 Å². The van der Waals surface area contributed by atoms with E-state index in [4.69, 9.17) is 4.84 Å². The molecule has 3 aromatic rings. The number of halogens is 2. The second kappa shape index (κ2) is 10.9. The third kappa shape index (κ3) is 6.17. The van der Waals surface area contributed by atoms with Crippen LogP contribution in [0.1, 0.15) is 36.3 Å². The fourth-order valence-electron chi connectivity index (χ4n) is 4.05. The lowest BCUT2D eigenvalue weighted by Crippen LogP contribution is -2.33. The number of nitrogens with one attached hydrogen (secondary N) is 1. The van der Waals surface area contributed by atoms with Gasteiger partial charge in [0, 0.05) is 31.1 Å². The number of benzene rings is 3. The number of hydroxylamine groups is 1. The van der Waals surface area contributed by atoms with Crippen molar-refractivity contribution >= 4 is 0 Å². The molecule has 0 spiro atoms. The summed E-state index contributed by atoms with van der Waals surface area (Å²) in [4.78, 5) is 8.03. The molecule has 0 atom stereocenters. The fourth-order valence-corrected chi connectivity index (χ4v) is 4.05. The van der Waals surface area contributed by atoms with Crippen molar-refractivity contribution in [3.8, 4) is 5.75 Å².